The minimum Gasteiger partial charge on any atom is -0.496 e. The zero-order valence-electron chi connectivity index (χ0n) is 35.3. The van der Waals surface area contributed by atoms with Crippen molar-refractivity contribution in [3.8, 4) is 22.6 Å². The fraction of sp³-hybridized carbons (Fsp3) is 0.511. The van der Waals surface area contributed by atoms with Gasteiger partial charge in [-0.2, -0.15) is 0 Å². The summed E-state index contributed by atoms with van der Waals surface area (Å²) in [6.45, 7) is 7.03. The molecule has 322 valence electrons. The zero-order chi connectivity index (χ0) is 42.7. The Bertz CT molecular complexity index is 2350. The van der Waals surface area contributed by atoms with E-state index in [9.17, 15) is 28.8 Å². The van der Waals surface area contributed by atoms with Crippen LogP contribution in [0.5, 0.6) is 11.5 Å². The maximum absolute atomic E-state index is 13.4. The van der Waals surface area contributed by atoms with Gasteiger partial charge >= 0.3 is 6.03 Å². The first-order valence-corrected chi connectivity index (χ1v) is 21.5. The van der Waals surface area contributed by atoms with Crippen LogP contribution in [0, 0.1) is 11.8 Å². The number of piperidine rings is 2. The minimum absolute atomic E-state index is 0.0922. The summed E-state index contributed by atoms with van der Waals surface area (Å²) in [7, 11) is 6.74. The van der Waals surface area contributed by atoms with Crippen LogP contribution in [-0.4, -0.2) is 133 Å². The Morgan fingerprint density at radius 2 is 1.61 bits per heavy atom. The number of hydrogen-bond donors (Lipinski definition) is 2. The highest BCUT2D eigenvalue weighted by Crippen LogP contribution is 2.46. The highest BCUT2D eigenvalue weighted by molar-refractivity contribution is 6.23. The van der Waals surface area contributed by atoms with Gasteiger partial charge in [-0.3, -0.25) is 44.0 Å². The van der Waals surface area contributed by atoms with Gasteiger partial charge in [-0.25, -0.2) is 4.79 Å². The number of urea groups is 1. The molecular weight excluding hydrogens is 781 g/mol. The number of anilines is 1. The zero-order valence-corrected chi connectivity index (χ0v) is 35.3. The van der Waals surface area contributed by atoms with Crippen LogP contribution in [0.2, 0.25) is 0 Å². The van der Waals surface area contributed by atoms with Gasteiger partial charge in [0.05, 0.1) is 37.5 Å². The molecule has 4 unspecified atom stereocenters. The number of carbonyl (C=O) groups is 5. The van der Waals surface area contributed by atoms with Gasteiger partial charge in [0.1, 0.15) is 17.5 Å². The fourth-order valence-electron chi connectivity index (χ4n) is 10.8. The third-order valence-corrected chi connectivity index (χ3v) is 14.1. The van der Waals surface area contributed by atoms with E-state index in [2.05, 4.69) is 37.5 Å². The molecule has 3 aromatic rings. The third kappa shape index (κ3) is 7.32. The van der Waals surface area contributed by atoms with Crippen molar-refractivity contribution in [2.45, 2.75) is 63.7 Å². The highest BCUT2D eigenvalue weighted by atomic mass is 16.5. The Morgan fingerprint density at radius 3 is 2.28 bits per heavy atom. The number of aryl methyl sites for hydroxylation is 1. The molecule has 61 heavy (non-hydrogen) atoms. The first-order chi connectivity index (χ1) is 29.5. The molecule has 1 aliphatic carbocycles. The Labute approximate surface area is 354 Å². The number of imide groups is 2. The predicted molar refractivity (Wildman–Crippen MR) is 226 cm³/mol. The largest absolute Gasteiger partial charge is 0.496 e. The van der Waals surface area contributed by atoms with Crippen LogP contribution in [0.3, 0.4) is 0 Å². The van der Waals surface area contributed by atoms with Gasteiger partial charge in [0.15, 0.2) is 0 Å². The summed E-state index contributed by atoms with van der Waals surface area (Å²) in [6.07, 6.45) is 6.21. The molecule has 6 amide bonds. The lowest BCUT2D eigenvalue weighted by molar-refractivity contribution is -0.136. The van der Waals surface area contributed by atoms with Gasteiger partial charge in [0.2, 0.25) is 11.8 Å². The summed E-state index contributed by atoms with van der Waals surface area (Å²) in [5.41, 5.74) is 5.88. The summed E-state index contributed by atoms with van der Waals surface area (Å²) >= 11 is 0. The van der Waals surface area contributed by atoms with E-state index in [1.54, 1.807) is 49.9 Å². The lowest BCUT2D eigenvalue weighted by atomic mass is 9.90. The van der Waals surface area contributed by atoms with Crippen LogP contribution >= 0.6 is 0 Å². The number of nitrogens with zero attached hydrogens (tertiary/aromatic N) is 6. The number of fused-ring (bicyclic) bond motifs is 4. The highest BCUT2D eigenvalue weighted by Gasteiger charge is 2.46. The molecule has 2 bridgehead atoms. The van der Waals surface area contributed by atoms with Gasteiger partial charge in [-0.15, -0.1) is 0 Å². The van der Waals surface area contributed by atoms with Crippen LogP contribution in [0.1, 0.15) is 69.5 Å². The molecule has 16 nitrogen and oxygen atoms in total. The molecule has 0 spiro atoms. The number of rotatable bonds is 10. The second-order valence-electron chi connectivity index (χ2n) is 17.4. The maximum atomic E-state index is 13.4. The normalized spacial score (nSPS) is 24.0. The SMILES string of the molecule is CNC(=O)N1CCc2c(-c3cc(OC)c(CN4CC5CC4CC5CCN4CCN(c5ccc6c(c5)C(=O)N(C5CCC(=O)NC5=O)C6=O)CC4)c(OC)c3)cn(C)c(=O)c2C1. The summed E-state index contributed by atoms with van der Waals surface area (Å²) in [5.74, 6) is 0.864. The maximum Gasteiger partial charge on any atom is 0.317 e. The Kier molecular flexibility index (Phi) is 10.8. The molecule has 1 aromatic heterocycles. The summed E-state index contributed by atoms with van der Waals surface area (Å²) in [4.78, 5) is 86.4. The Morgan fingerprint density at radius 1 is 0.869 bits per heavy atom. The van der Waals surface area contributed by atoms with Gasteiger partial charge < -0.3 is 29.2 Å². The number of piperazine rings is 1. The van der Waals surface area contributed by atoms with Crippen molar-refractivity contribution in [3.63, 3.8) is 0 Å². The van der Waals surface area contributed by atoms with E-state index in [0.29, 0.717) is 47.5 Å². The van der Waals surface area contributed by atoms with Crippen molar-refractivity contribution in [3.05, 3.63) is 74.7 Å². The molecule has 3 saturated heterocycles. The van der Waals surface area contributed by atoms with Crippen LogP contribution in [0.15, 0.2) is 41.3 Å². The molecule has 0 radical (unpaired) electrons. The number of likely N-dealkylation sites (tertiary alicyclic amines) is 1. The van der Waals surface area contributed by atoms with Gasteiger partial charge in [-0.1, -0.05) is 0 Å². The number of methoxy groups -OCH3 is 2. The van der Waals surface area contributed by atoms with E-state index >= 15 is 0 Å². The van der Waals surface area contributed by atoms with E-state index in [1.807, 2.05) is 12.3 Å². The number of hydrogen-bond acceptors (Lipinski definition) is 11. The van der Waals surface area contributed by atoms with Gasteiger partial charge in [0, 0.05) is 95.4 Å². The number of benzene rings is 2. The number of pyridine rings is 1. The van der Waals surface area contributed by atoms with Crippen molar-refractivity contribution in [1.29, 1.82) is 0 Å². The van der Waals surface area contributed by atoms with Gasteiger partial charge in [-0.05, 0) is 91.9 Å². The molecule has 4 atom stereocenters. The van der Waals surface area contributed by atoms with Crippen molar-refractivity contribution in [1.82, 2.24) is 34.8 Å². The second kappa shape index (κ2) is 16.3. The number of carbonyl (C=O) groups excluding carboxylic acids is 5. The van der Waals surface area contributed by atoms with Crippen molar-refractivity contribution >= 4 is 35.3 Å². The molecule has 6 aliphatic rings. The molecule has 16 heteroatoms. The summed E-state index contributed by atoms with van der Waals surface area (Å²) < 4.78 is 13.7. The van der Waals surface area contributed by atoms with Crippen LogP contribution < -0.4 is 30.6 Å². The number of aromatic nitrogens is 1. The first-order valence-electron chi connectivity index (χ1n) is 21.5. The lowest BCUT2D eigenvalue weighted by Gasteiger charge is -2.37. The van der Waals surface area contributed by atoms with Crippen molar-refractivity contribution in [2.24, 2.45) is 18.9 Å². The molecular formula is C45H54N8O8. The summed E-state index contributed by atoms with van der Waals surface area (Å²) in [6, 6.07) is 8.81. The number of amides is 6. The average molecular weight is 835 g/mol. The topological polar surface area (TPSA) is 166 Å². The van der Waals surface area contributed by atoms with E-state index in [4.69, 9.17) is 9.47 Å². The minimum atomic E-state index is -0.973. The Hall–Kier alpha value is -5.74. The summed E-state index contributed by atoms with van der Waals surface area (Å²) in [5, 5.41) is 4.93. The molecule has 9 rings (SSSR count). The fourth-order valence-corrected chi connectivity index (χ4v) is 10.8. The van der Waals surface area contributed by atoms with E-state index in [1.165, 1.54) is 12.8 Å². The molecule has 4 fully saturated rings. The van der Waals surface area contributed by atoms with Crippen molar-refractivity contribution < 1.29 is 33.4 Å². The molecule has 1 saturated carbocycles. The average Bonchev–Trinajstić information content (AvgIpc) is 3.94. The molecule has 5 aliphatic heterocycles. The third-order valence-electron chi connectivity index (χ3n) is 14.1. The molecule has 2 N–H and O–H groups in total. The van der Waals surface area contributed by atoms with Crippen LogP contribution in [0.4, 0.5) is 10.5 Å². The number of nitrogens with one attached hydrogen (secondary N) is 2. The Balaban J connectivity index is 0.796. The smallest absolute Gasteiger partial charge is 0.317 e. The number of ether oxygens (including phenoxy) is 2. The standard InChI is InChI=1S/C45H54N8O8/c1-46-45(59)51-12-10-31-34(23-48(2)42(56)35(31)24-51)27-19-38(60-3)36(39(20-27)61-4)25-52-22-28-18-30(52)17-26(28)9-11-49-13-15-50(16-14-49)29-5-6-32-33(21-29)44(58)53(43(32)57)37-7-8-40(54)47-41(37)55/h5-6,19-21,23,26,28,30,37H,7-18,22,24-25H2,1-4H3,(H,46,59)(H,47,54,55). The lowest BCUT2D eigenvalue weighted by Crippen LogP contribution is -2.54. The molecule has 2 aromatic carbocycles. The van der Waals surface area contributed by atoms with Gasteiger partial charge in [0.25, 0.3) is 17.4 Å². The second-order valence-corrected chi connectivity index (χ2v) is 17.4. The van der Waals surface area contributed by atoms with E-state index < -0.39 is 29.7 Å². The van der Waals surface area contributed by atoms with Crippen LogP contribution in [-0.2, 0) is 36.1 Å². The van der Waals surface area contributed by atoms with Crippen LogP contribution in [0.25, 0.3) is 11.1 Å². The van der Waals surface area contributed by atoms with E-state index in [-0.39, 0.29) is 31.0 Å². The monoisotopic (exact) mass is 834 g/mol. The predicted octanol–water partition coefficient (Wildman–Crippen LogP) is 2.59. The first kappa shape index (κ1) is 40.7. The molecule has 6 heterocycles. The quantitative estimate of drug-likeness (QED) is 0.289. The van der Waals surface area contributed by atoms with E-state index in [0.717, 1.165) is 96.6 Å². The van der Waals surface area contributed by atoms with Crippen molar-refractivity contribution in [2.75, 3.05) is 72.0 Å².